The van der Waals surface area contributed by atoms with Crippen molar-refractivity contribution in [1.29, 1.82) is 0 Å². The smallest absolute Gasteiger partial charge is 0.205 e. The topological polar surface area (TPSA) is 89.1 Å². The molecule has 0 atom stereocenters. The second-order valence-electron chi connectivity index (χ2n) is 4.83. The lowest BCUT2D eigenvalue weighted by molar-refractivity contribution is 0.350. The lowest BCUT2D eigenvalue weighted by Gasteiger charge is -2.12. The van der Waals surface area contributed by atoms with Crippen LogP contribution >= 0.6 is 0 Å². The van der Waals surface area contributed by atoms with Crippen LogP contribution in [0, 0.1) is 0 Å². The monoisotopic (exact) mass is 314 g/mol. The number of ether oxygens (including phenoxy) is 2. The first-order chi connectivity index (χ1) is 11.1. The molecule has 6 heteroatoms. The SMILES string of the molecule is COc1cc(O)c2c(=O)cc(-c3ccccc3O)oc2c1OC. The van der Waals surface area contributed by atoms with Gasteiger partial charge >= 0.3 is 0 Å². The zero-order chi connectivity index (χ0) is 16.6. The molecule has 23 heavy (non-hydrogen) atoms. The number of para-hydroxylation sites is 1. The van der Waals surface area contributed by atoms with Gasteiger partial charge in [0.2, 0.25) is 5.75 Å². The van der Waals surface area contributed by atoms with Gasteiger partial charge in [0.05, 0.1) is 19.8 Å². The summed E-state index contributed by atoms with van der Waals surface area (Å²) in [5, 5.41) is 20.0. The molecule has 0 amide bonds. The van der Waals surface area contributed by atoms with E-state index in [1.807, 2.05) is 0 Å². The predicted molar refractivity (Wildman–Crippen MR) is 84.4 cm³/mol. The van der Waals surface area contributed by atoms with Crippen molar-refractivity contribution < 1.29 is 24.1 Å². The third kappa shape index (κ3) is 2.34. The molecule has 0 aliphatic rings. The van der Waals surface area contributed by atoms with E-state index in [9.17, 15) is 15.0 Å². The maximum Gasteiger partial charge on any atom is 0.205 e. The van der Waals surface area contributed by atoms with Crippen LogP contribution in [0.15, 0.2) is 45.6 Å². The number of phenolic OH excluding ortho intramolecular Hbond substituents is 2. The highest BCUT2D eigenvalue weighted by Crippen LogP contribution is 2.41. The number of fused-ring (bicyclic) bond motifs is 1. The molecule has 0 fully saturated rings. The second kappa shape index (κ2) is 5.57. The number of benzene rings is 2. The molecule has 0 saturated heterocycles. The Morgan fingerprint density at radius 1 is 1.00 bits per heavy atom. The van der Waals surface area contributed by atoms with Gasteiger partial charge in [0.25, 0.3) is 0 Å². The first kappa shape index (κ1) is 14.8. The van der Waals surface area contributed by atoms with E-state index in [1.54, 1.807) is 18.2 Å². The van der Waals surface area contributed by atoms with Crippen molar-refractivity contribution in [2.24, 2.45) is 0 Å². The lowest BCUT2D eigenvalue weighted by Crippen LogP contribution is -2.03. The van der Waals surface area contributed by atoms with Gasteiger partial charge in [-0.1, -0.05) is 12.1 Å². The molecule has 118 valence electrons. The standard InChI is InChI=1S/C17H14O6/c1-21-14-8-12(20)15-11(19)7-13(23-17(15)16(14)22-2)9-5-3-4-6-10(9)18/h3-8,18,20H,1-2H3. The zero-order valence-corrected chi connectivity index (χ0v) is 12.5. The van der Waals surface area contributed by atoms with Crippen LogP contribution in [0.3, 0.4) is 0 Å². The molecule has 0 bridgehead atoms. The van der Waals surface area contributed by atoms with Gasteiger partial charge in [-0.3, -0.25) is 4.79 Å². The summed E-state index contributed by atoms with van der Waals surface area (Å²) in [7, 11) is 2.81. The molecule has 0 saturated carbocycles. The largest absolute Gasteiger partial charge is 0.507 e. The van der Waals surface area contributed by atoms with Crippen molar-refractivity contribution in [1.82, 2.24) is 0 Å². The number of hydrogen-bond acceptors (Lipinski definition) is 6. The van der Waals surface area contributed by atoms with Crippen molar-refractivity contribution in [2.75, 3.05) is 14.2 Å². The molecule has 3 aromatic rings. The number of phenols is 2. The van der Waals surface area contributed by atoms with Crippen LogP contribution in [0.2, 0.25) is 0 Å². The van der Waals surface area contributed by atoms with Crippen molar-refractivity contribution in [3.05, 3.63) is 46.6 Å². The van der Waals surface area contributed by atoms with E-state index in [1.165, 1.54) is 32.4 Å². The Kier molecular flexibility index (Phi) is 3.57. The van der Waals surface area contributed by atoms with Crippen LogP contribution < -0.4 is 14.9 Å². The Morgan fingerprint density at radius 3 is 2.39 bits per heavy atom. The van der Waals surface area contributed by atoms with Gasteiger partial charge in [-0.05, 0) is 12.1 Å². The first-order valence-corrected chi connectivity index (χ1v) is 6.77. The van der Waals surface area contributed by atoms with E-state index >= 15 is 0 Å². The minimum Gasteiger partial charge on any atom is -0.507 e. The number of rotatable bonds is 3. The molecule has 6 nitrogen and oxygen atoms in total. The van der Waals surface area contributed by atoms with Crippen LogP contribution in [-0.2, 0) is 0 Å². The van der Waals surface area contributed by atoms with Gasteiger partial charge in [-0.15, -0.1) is 0 Å². The molecule has 3 rings (SSSR count). The Balaban J connectivity index is 2.41. The summed E-state index contributed by atoms with van der Waals surface area (Å²) in [5.74, 6) is 0.285. The highest BCUT2D eigenvalue weighted by atomic mass is 16.5. The molecule has 0 unspecified atom stereocenters. The summed E-state index contributed by atoms with van der Waals surface area (Å²) in [6.45, 7) is 0. The van der Waals surface area contributed by atoms with Crippen molar-refractivity contribution >= 4 is 11.0 Å². The number of hydrogen-bond donors (Lipinski definition) is 2. The van der Waals surface area contributed by atoms with Gasteiger partial charge in [-0.25, -0.2) is 0 Å². The van der Waals surface area contributed by atoms with E-state index in [-0.39, 0.29) is 39.7 Å². The van der Waals surface area contributed by atoms with E-state index in [0.29, 0.717) is 5.56 Å². The van der Waals surface area contributed by atoms with Gasteiger partial charge in [0.1, 0.15) is 22.6 Å². The van der Waals surface area contributed by atoms with Gasteiger partial charge in [0, 0.05) is 12.1 Å². The zero-order valence-electron chi connectivity index (χ0n) is 12.5. The third-order valence-corrected chi connectivity index (χ3v) is 3.50. The van der Waals surface area contributed by atoms with Gasteiger partial charge in [-0.2, -0.15) is 0 Å². The summed E-state index contributed by atoms with van der Waals surface area (Å²) in [5.41, 5.74) is -0.0473. The van der Waals surface area contributed by atoms with Crippen LogP contribution in [0.5, 0.6) is 23.0 Å². The molecular formula is C17H14O6. The molecule has 2 N–H and O–H groups in total. The molecule has 1 heterocycles. The number of methoxy groups -OCH3 is 2. The molecule has 1 aromatic heterocycles. The molecule has 2 aromatic carbocycles. The molecule has 0 aliphatic heterocycles. The normalized spacial score (nSPS) is 10.7. The molecule has 0 spiro atoms. The fraction of sp³-hybridized carbons (Fsp3) is 0.118. The van der Waals surface area contributed by atoms with Crippen LogP contribution in [0.25, 0.3) is 22.3 Å². The van der Waals surface area contributed by atoms with E-state index in [2.05, 4.69) is 0 Å². The minimum absolute atomic E-state index is 0.0122. The van der Waals surface area contributed by atoms with Gasteiger partial charge in [0.15, 0.2) is 16.8 Å². The lowest BCUT2D eigenvalue weighted by atomic mass is 10.1. The van der Waals surface area contributed by atoms with E-state index in [4.69, 9.17) is 13.9 Å². The van der Waals surface area contributed by atoms with Crippen LogP contribution in [0.4, 0.5) is 0 Å². The maximum absolute atomic E-state index is 12.4. The van der Waals surface area contributed by atoms with Crippen molar-refractivity contribution in [2.45, 2.75) is 0 Å². The third-order valence-electron chi connectivity index (χ3n) is 3.50. The fourth-order valence-corrected chi connectivity index (χ4v) is 2.43. The Hall–Kier alpha value is -3.15. The Labute approximate surface area is 131 Å². The summed E-state index contributed by atoms with van der Waals surface area (Å²) < 4.78 is 16.1. The highest BCUT2D eigenvalue weighted by molar-refractivity contribution is 5.92. The first-order valence-electron chi connectivity index (χ1n) is 6.77. The average Bonchev–Trinajstić information content (AvgIpc) is 2.54. The second-order valence-corrected chi connectivity index (χ2v) is 4.83. The predicted octanol–water partition coefficient (Wildman–Crippen LogP) is 2.89. The minimum atomic E-state index is -0.456. The maximum atomic E-state index is 12.4. The van der Waals surface area contributed by atoms with Crippen LogP contribution in [-0.4, -0.2) is 24.4 Å². The highest BCUT2D eigenvalue weighted by Gasteiger charge is 2.20. The van der Waals surface area contributed by atoms with E-state index in [0.717, 1.165) is 0 Å². The van der Waals surface area contributed by atoms with Crippen molar-refractivity contribution in [3.63, 3.8) is 0 Å². The Morgan fingerprint density at radius 2 is 1.74 bits per heavy atom. The fourth-order valence-electron chi connectivity index (χ4n) is 2.43. The summed E-state index contributed by atoms with van der Waals surface area (Å²) in [4.78, 5) is 12.4. The Bertz CT molecular complexity index is 942. The number of aromatic hydroxyl groups is 2. The summed E-state index contributed by atoms with van der Waals surface area (Å²) >= 11 is 0. The summed E-state index contributed by atoms with van der Waals surface area (Å²) in [6, 6.07) is 8.97. The molecule has 0 radical (unpaired) electrons. The van der Waals surface area contributed by atoms with Crippen molar-refractivity contribution in [3.8, 4) is 34.3 Å². The molecule has 0 aliphatic carbocycles. The average molecular weight is 314 g/mol. The van der Waals surface area contributed by atoms with Gasteiger partial charge < -0.3 is 24.1 Å². The quantitative estimate of drug-likeness (QED) is 0.772. The van der Waals surface area contributed by atoms with E-state index < -0.39 is 5.43 Å². The summed E-state index contributed by atoms with van der Waals surface area (Å²) in [6.07, 6.45) is 0. The van der Waals surface area contributed by atoms with Crippen LogP contribution in [0.1, 0.15) is 0 Å². The molecular weight excluding hydrogens is 300 g/mol.